The van der Waals surface area contributed by atoms with Gasteiger partial charge in [-0.05, 0) is 44.3 Å². The number of amides is 1. The number of halogens is 2. The van der Waals surface area contributed by atoms with Gasteiger partial charge in [0.2, 0.25) is 0 Å². The number of carbonyl (C=O) groups is 1. The Bertz CT molecular complexity index is 522. The number of aromatic nitrogens is 4. The monoisotopic (exact) mass is 375 g/mol. The van der Waals surface area contributed by atoms with Crippen molar-refractivity contribution in [2.75, 3.05) is 6.54 Å². The lowest BCUT2D eigenvalue weighted by Gasteiger charge is -2.03. The Morgan fingerprint density at radius 1 is 1.50 bits per heavy atom. The summed E-state index contributed by atoms with van der Waals surface area (Å²) in [4.78, 5) is 11.8. The quantitative estimate of drug-likeness (QED) is 0.783. The molecule has 0 aliphatic heterocycles. The molecule has 1 amide bonds. The van der Waals surface area contributed by atoms with Gasteiger partial charge in [0.05, 0.1) is 4.47 Å². The Kier molecular flexibility index (Phi) is 4.54. The molecule has 0 fully saturated rings. The van der Waals surface area contributed by atoms with Gasteiger partial charge in [-0.1, -0.05) is 0 Å². The molecule has 96 valence electrons. The topological polar surface area (TPSA) is 75.6 Å². The highest BCUT2D eigenvalue weighted by molar-refractivity contribution is 9.13. The van der Waals surface area contributed by atoms with Crippen LogP contribution in [-0.2, 0) is 6.54 Å². The summed E-state index contributed by atoms with van der Waals surface area (Å²) in [6.45, 7) is 1.36. The van der Waals surface area contributed by atoms with Crippen molar-refractivity contribution < 1.29 is 4.79 Å². The number of rotatable bonds is 5. The van der Waals surface area contributed by atoms with Crippen LogP contribution in [0.15, 0.2) is 27.5 Å². The van der Waals surface area contributed by atoms with Gasteiger partial charge in [-0.15, -0.1) is 0 Å². The second-order valence-corrected chi connectivity index (χ2v) is 5.16. The minimum atomic E-state index is -0.204. The highest BCUT2D eigenvalue weighted by Crippen LogP contribution is 2.23. The zero-order valence-corrected chi connectivity index (χ0v) is 12.5. The normalized spacial score (nSPS) is 10.6. The molecule has 0 saturated carbocycles. The van der Waals surface area contributed by atoms with Crippen molar-refractivity contribution in [2.45, 2.75) is 13.0 Å². The summed E-state index contributed by atoms with van der Waals surface area (Å²) >= 11 is 6.51. The molecule has 2 N–H and O–H groups in total. The predicted molar refractivity (Wildman–Crippen MR) is 73.2 cm³/mol. The van der Waals surface area contributed by atoms with Crippen molar-refractivity contribution in [3.63, 3.8) is 0 Å². The first-order chi connectivity index (χ1) is 8.68. The molecule has 8 heteroatoms. The molecule has 0 aliphatic rings. The zero-order valence-electron chi connectivity index (χ0n) is 9.36. The molecular weight excluding hydrogens is 366 g/mol. The third-order valence-corrected chi connectivity index (χ3v) is 4.17. The first-order valence-corrected chi connectivity index (χ1v) is 6.92. The lowest BCUT2D eigenvalue weighted by Crippen LogP contribution is -2.26. The van der Waals surface area contributed by atoms with Crippen molar-refractivity contribution in [2.24, 2.45) is 0 Å². The van der Waals surface area contributed by atoms with E-state index >= 15 is 0 Å². The molecule has 2 aromatic heterocycles. The molecule has 0 aliphatic carbocycles. The Morgan fingerprint density at radius 2 is 2.33 bits per heavy atom. The number of hydrogen-bond acceptors (Lipinski definition) is 3. The van der Waals surface area contributed by atoms with Gasteiger partial charge in [-0.3, -0.25) is 14.6 Å². The molecule has 0 bridgehead atoms. The van der Waals surface area contributed by atoms with Crippen LogP contribution in [0.2, 0.25) is 0 Å². The molecule has 2 aromatic rings. The van der Waals surface area contributed by atoms with E-state index in [0.717, 1.165) is 13.0 Å². The van der Waals surface area contributed by atoms with Crippen LogP contribution in [0, 0.1) is 0 Å². The summed E-state index contributed by atoms with van der Waals surface area (Å²) < 4.78 is 3.11. The number of carbonyl (C=O) groups excluding carboxylic acids is 1. The first kappa shape index (κ1) is 13.3. The van der Waals surface area contributed by atoms with E-state index in [4.69, 9.17) is 0 Å². The minimum absolute atomic E-state index is 0.204. The van der Waals surface area contributed by atoms with Crippen LogP contribution in [0.4, 0.5) is 0 Å². The highest BCUT2D eigenvalue weighted by atomic mass is 79.9. The highest BCUT2D eigenvalue weighted by Gasteiger charge is 2.15. The number of H-pyrrole nitrogens is 1. The molecule has 18 heavy (non-hydrogen) atoms. The van der Waals surface area contributed by atoms with Crippen LogP contribution in [0.3, 0.4) is 0 Å². The van der Waals surface area contributed by atoms with Gasteiger partial charge in [0.1, 0.15) is 4.60 Å². The zero-order chi connectivity index (χ0) is 13.0. The maximum Gasteiger partial charge on any atom is 0.273 e. The number of aromatic amines is 1. The summed E-state index contributed by atoms with van der Waals surface area (Å²) in [6.07, 6.45) is 4.44. The maximum atomic E-state index is 11.8. The van der Waals surface area contributed by atoms with Gasteiger partial charge in [0.25, 0.3) is 5.91 Å². The summed E-state index contributed by atoms with van der Waals surface area (Å²) in [6, 6.07) is 1.87. The average Bonchev–Trinajstić information content (AvgIpc) is 2.97. The van der Waals surface area contributed by atoms with Crippen molar-refractivity contribution in [1.82, 2.24) is 25.3 Å². The molecule has 6 nitrogen and oxygen atoms in total. The molecule has 2 rings (SSSR count). The largest absolute Gasteiger partial charge is 0.351 e. The molecule has 0 saturated heterocycles. The molecule has 0 radical (unpaired) electrons. The molecular formula is C10H11Br2N5O. The number of aryl methyl sites for hydroxylation is 1. The van der Waals surface area contributed by atoms with Gasteiger partial charge in [-0.2, -0.15) is 10.2 Å². The van der Waals surface area contributed by atoms with E-state index in [1.54, 1.807) is 6.20 Å². The van der Waals surface area contributed by atoms with E-state index in [-0.39, 0.29) is 5.91 Å². The maximum absolute atomic E-state index is 11.8. The molecule has 0 atom stereocenters. The molecule has 0 spiro atoms. The van der Waals surface area contributed by atoms with Crippen molar-refractivity contribution in [3.8, 4) is 0 Å². The second kappa shape index (κ2) is 6.14. The number of hydrogen-bond donors (Lipinski definition) is 2. The van der Waals surface area contributed by atoms with Crippen LogP contribution < -0.4 is 5.32 Å². The third-order valence-electron chi connectivity index (χ3n) is 2.29. The Labute approximate surface area is 120 Å². The van der Waals surface area contributed by atoms with E-state index in [1.807, 2.05) is 16.9 Å². The number of nitrogens with zero attached hydrogens (tertiary/aromatic N) is 3. The molecule has 0 aromatic carbocycles. The van der Waals surface area contributed by atoms with Crippen molar-refractivity contribution >= 4 is 37.8 Å². The van der Waals surface area contributed by atoms with E-state index in [0.29, 0.717) is 21.3 Å². The average molecular weight is 377 g/mol. The smallest absolute Gasteiger partial charge is 0.273 e. The van der Waals surface area contributed by atoms with Crippen molar-refractivity contribution in [3.05, 3.63) is 33.2 Å². The standard InChI is InChI=1S/C10H11Br2N5O/c11-7-8(15-16-9(7)12)10(18)13-3-1-5-17-6-2-4-14-17/h2,4,6H,1,3,5H2,(H,13,18)(H,15,16). The summed E-state index contributed by atoms with van der Waals surface area (Å²) in [5.41, 5.74) is 0.348. The fourth-order valence-corrected chi connectivity index (χ4v) is 2.05. The van der Waals surface area contributed by atoms with Crippen LogP contribution >= 0.6 is 31.9 Å². The van der Waals surface area contributed by atoms with Gasteiger partial charge in [0.15, 0.2) is 5.69 Å². The Balaban J connectivity index is 1.77. The van der Waals surface area contributed by atoms with Gasteiger partial charge >= 0.3 is 0 Å². The van der Waals surface area contributed by atoms with Crippen LogP contribution in [-0.4, -0.2) is 32.4 Å². The van der Waals surface area contributed by atoms with Gasteiger partial charge in [0, 0.05) is 25.5 Å². The second-order valence-electron chi connectivity index (χ2n) is 3.58. The van der Waals surface area contributed by atoms with E-state index < -0.39 is 0 Å². The van der Waals surface area contributed by atoms with E-state index in [1.165, 1.54) is 0 Å². The predicted octanol–water partition coefficient (Wildman–Crippen LogP) is 1.95. The van der Waals surface area contributed by atoms with E-state index in [9.17, 15) is 4.79 Å². The van der Waals surface area contributed by atoms with Crippen LogP contribution in [0.5, 0.6) is 0 Å². The third kappa shape index (κ3) is 3.20. The van der Waals surface area contributed by atoms with Crippen LogP contribution in [0.1, 0.15) is 16.9 Å². The van der Waals surface area contributed by atoms with Crippen LogP contribution in [0.25, 0.3) is 0 Å². The Morgan fingerprint density at radius 3 is 2.94 bits per heavy atom. The van der Waals surface area contributed by atoms with Crippen molar-refractivity contribution in [1.29, 1.82) is 0 Å². The first-order valence-electron chi connectivity index (χ1n) is 5.33. The molecule has 0 unspecified atom stereocenters. The minimum Gasteiger partial charge on any atom is -0.351 e. The summed E-state index contributed by atoms with van der Waals surface area (Å²) in [5, 5.41) is 13.5. The van der Waals surface area contributed by atoms with Gasteiger partial charge < -0.3 is 5.32 Å². The summed E-state index contributed by atoms with van der Waals surface area (Å²) in [7, 11) is 0. The van der Waals surface area contributed by atoms with Gasteiger partial charge in [-0.25, -0.2) is 0 Å². The SMILES string of the molecule is O=C(NCCCn1cccn1)c1n[nH]c(Br)c1Br. The lowest BCUT2D eigenvalue weighted by atomic mass is 10.3. The Hall–Kier alpha value is -1.15. The van der Waals surface area contributed by atoms with E-state index in [2.05, 4.69) is 52.5 Å². The number of nitrogens with one attached hydrogen (secondary N) is 2. The molecule has 2 heterocycles. The lowest BCUT2D eigenvalue weighted by molar-refractivity contribution is 0.0947. The fraction of sp³-hybridized carbons (Fsp3) is 0.300. The summed E-state index contributed by atoms with van der Waals surface area (Å²) in [5.74, 6) is -0.204. The fourth-order valence-electron chi connectivity index (χ4n) is 1.42.